The molecule has 0 amide bonds. The fourth-order valence-electron chi connectivity index (χ4n) is 1.66. The van der Waals surface area contributed by atoms with Crippen molar-refractivity contribution in [3.63, 3.8) is 0 Å². The van der Waals surface area contributed by atoms with Crippen molar-refractivity contribution >= 4 is 5.69 Å². The van der Waals surface area contributed by atoms with Gasteiger partial charge in [0.05, 0.1) is 18.9 Å². The molecule has 1 aromatic carbocycles. The van der Waals surface area contributed by atoms with Gasteiger partial charge in [-0.3, -0.25) is 0 Å². The average Bonchev–Trinajstić information content (AvgIpc) is 2.31. The molecule has 0 aliphatic carbocycles. The van der Waals surface area contributed by atoms with Crippen molar-refractivity contribution in [1.82, 2.24) is 0 Å². The van der Waals surface area contributed by atoms with Gasteiger partial charge in [-0.1, -0.05) is 0 Å². The van der Waals surface area contributed by atoms with Crippen molar-refractivity contribution in [3.8, 4) is 12.0 Å². The number of ether oxygens (including phenoxy) is 2. The van der Waals surface area contributed by atoms with E-state index in [0.717, 1.165) is 0 Å². The van der Waals surface area contributed by atoms with E-state index in [0.29, 0.717) is 32.0 Å². The van der Waals surface area contributed by atoms with E-state index >= 15 is 0 Å². The van der Waals surface area contributed by atoms with E-state index in [1.807, 2.05) is 4.90 Å². The number of benzene rings is 1. The first-order valence-electron chi connectivity index (χ1n) is 4.99. The maximum absolute atomic E-state index is 13.7. The zero-order valence-electron chi connectivity index (χ0n) is 8.65. The summed E-state index contributed by atoms with van der Waals surface area (Å²) < 4.78 is 23.4. The van der Waals surface area contributed by atoms with Gasteiger partial charge in [0.1, 0.15) is 11.6 Å². The van der Waals surface area contributed by atoms with Gasteiger partial charge in [-0.25, -0.2) is 4.39 Å². The van der Waals surface area contributed by atoms with Gasteiger partial charge in [0.2, 0.25) is 0 Å². The number of morpholine rings is 1. The van der Waals surface area contributed by atoms with Gasteiger partial charge in [0.25, 0.3) is 6.26 Å². The van der Waals surface area contributed by atoms with Gasteiger partial charge in [-0.2, -0.15) is 0 Å². The summed E-state index contributed by atoms with van der Waals surface area (Å²) in [5.41, 5.74) is 0.522. The van der Waals surface area contributed by atoms with E-state index in [1.165, 1.54) is 12.3 Å². The number of anilines is 1. The number of hydrogen-bond donors (Lipinski definition) is 0. The van der Waals surface area contributed by atoms with E-state index in [9.17, 15) is 4.39 Å². The Morgan fingerprint density at radius 2 is 2.12 bits per heavy atom. The molecule has 0 unspecified atom stereocenters. The van der Waals surface area contributed by atoms with Crippen LogP contribution in [0.3, 0.4) is 0 Å². The fraction of sp³-hybridized carbons (Fsp3) is 0.364. The zero-order chi connectivity index (χ0) is 11.4. The molecule has 1 heterocycles. The lowest BCUT2D eigenvalue weighted by atomic mass is 10.2. The molecule has 0 spiro atoms. The Bertz CT molecular complexity index is 411. The third kappa shape index (κ3) is 2.23. The summed E-state index contributed by atoms with van der Waals surface area (Å²) >= 11 is 0. The first-order valence-corrected chi connectivity index (χ1v) is 4.99. The second-order valence-electron chi connectivity index (χ2n) is 3.41. The van der Waals surface area contributed by atoms with E-state index in [4.69, 9.17) is 10.00 Å². The summed E-state index contributed by atoms with van der Waals surface area (Å²) in [6.07, 6.45) is 1.51. The number of rotatable bonds is 2. The first kappa shape index (κ1) is 10.7. The topological polar surface area (TPSA) is 45.5 Å². The number of nitrogens with zero attached hydrogens (tertiary/aromatic N) is 2. The summed E-state index contributed by atoms with van der Waals surface area (Å²) in [6, 6.07) is 4.42. The SMILES string of the molecule is N#COc1ccc(N2CCOCC2)c(F)c1. The Hall–Kier alpha value is -1.80. The van der Waals surface area contributed by atoms with E-state index in [1.54, 1.807) is 12.1 Å². The van der Waals surface area contributed by atoms with Crippen LogP contribution in [0.1, 0.15) is 0 Å². The highest BCUT2D eigenvalue weighted by molar-refractivity contribution is 5.51. The van der Waals surface area contributed by atoms with Crippen molar-refractivity contribution in [3.05, 3.63) is 24.0 Å². The van der Waals surface area contributed by atoms with Crippen LogP contribution in [-0.4, -0.2) is 26.3 Å². The molecule has 1 aliphatic rings. The highest BCUT2D eigenvalue weighted by Crippen LogP contribution is 2.24. The molecular weight excluding hydrogens is 211 g/mol. The molecule has 16 heavy (non-hydrogen) atoms. The molecular formula is C11H11FN2O2. The largest absolute Gasteiger partial charge is 0.388 e. The second kappa shape index (κ2) is 4.81. The van der Waals surface area contributed by atoms with Crippen LogP contribution in [0.25, 0.3) is 0 Å². The molecule has 1 aliphatic heterocycles. The molecule has 2 rings (SSSR count). The molecule has 0 radical (unpaired) electrons. The van der Waals surface area contributed by atoms with Crippen molar-refractivity contribution in [1.29, 1.82) is 5.26 Å². The van der Waals surface area contributed by atoms with Gasteiger partial charge in [-0.05, 0) is 12.1 Å². The van der Waals surface area contributed by atoms with Crippen LogP contribution >= 0.6 is 0 Å². The number of hydrogen-bond acceptors (Lipinski definition) is 4. The summed E-state index contributed by atoms with van der Waals surface area (Å²) in [4.78, 5) is 1.91. The third-order valence-corrected chi connectivity index (χ3v) is 2.43. The standard InChI is InChI=1S/C11H11FN2O2/c12-10-7-9(16-8-13)1-2-11(10)14-3-5-15-6-4-14/h1-2,7H,3-6H2. The van der Waals surface area contributed by atoms with Crippen LogP contribution in [0, 0.1) is 17.3 Å². The van der Waals surface area contributed by atoms with Gasteiger partial charge in [0.15, 0.2) is 0 Å². The Morgan fingerprint density at radius 3 is 2.75 bits per heavy atom. The van der Waals surface area contributed by atoms with Crippen LogP contribution < -0.4 is 9.64 Å². The Kier molecular flexibility index (Phi) is 3.22. The summed E-state index contributed by atoms with van der Waals surface area (Å²) in [6.45, 7) is 2.57. The average molecular weight is 222 g/mol. The lowest BCUT2D eigenvalue weighted by Crippen LogP contribution is -2.36. The predicted octanol–water partition coefficient (Wildman–Crippen LogP) is 1.52. The smallest absolute Gasteiger partial charge is 0.292 e. The maximum Gasteiger partial charge on any atom is 0.292 e. The van der Waals surface area contributed by atoms with Gasteiger partial charge >= 0.3 is 0 Å². The lowest BCUT2D eigenvalue weighted by Gasteiger charge is -2.29. The van der Waals surface area contributed by atoms with Crippen molar-refractivity contribution in [2.75, 3.05) is 31.2 Å². The lowest BCUT2D eigenvalue weighted by molar-refractivity contribution is 0.122. The minimum atomic E-state index is -0.380. The van der Waals surface area contributed by atoms with Crippen molar-refractivity contribution in [2.45, 2.75) is 0 Å². The highest BCUT2D eigenvalue weighted by Gasteiger charge is 2.15. The van der Waals surface area contributed by atoms with Crippen LogP contribution in [0.2, 0.25) is 0 Å². The first-order chi connectivity index (χ1) is 7.81. The van der Waals surface area contributed by atoms with Gasteiger partial charge in [0, 0.05) is 19.2 Å². The molecule has 1 fully saturated rings. The van der Waals surface area contributed by atoms with Crippen LogP contribution in [0.15, 0.2) is 18.2 Å². The van der Waals surface area contributed by atoms with E-state index in [2.05, 4.69) is 4.74 Å². The number of halogens is 1. The summed E-state index contributed by atoms with van der Waals surface area (Å²) in [5, 5.41) is 8.31. The Morgan fingerprint density at radius 1 is 1.38 bits per heavy atom. The zero-order valence-corrected chi connectivity index (χ0v) is 8.65. The molecule has 0 saturated carbocycles. The Balaban J connectivity index is 2.18. The molecule has 1 aromatic rings. The van der Waals surface area contributed by atoms with Crippen LogP contribution in [0.5, 0.6) is 5.75 Å². The molecule has 0 bridgehead atoms. The van der Waals surface area contributed by atoms with Crippen LogP contribution in [-0.2, 0) is 4.74 Å². The Labute approximate surface area is 92.8 Å². The van der Waals surface area contributed by atoms with E-state index < -0.39 is 0 Å². The normalized spacial score (nSPS) is 15.6. The molecule has 1 saturated heterocycles. The maximum atomic E-state index is 13.7. The predicted molar refractivity (Wildman–Crippen MR) is 55.7 cm³/mol. The molecule has 4 nitrogen and oxygen atoms in total. The monoisotopic (exact) mass is 222 g/mol. The van der Waals surface area contributed by atoms with Crippen molar-refractivity contribution in [2.24, 2.45) is 0 Å². The summed E-state index contributed by atoms with van der Waals surface area (Å²) in [7, 11) is 0. The minimum Gasteiger partial charge on any atom is -0.388 e. The molecule has 0 N–H and O–H groups in total. The third-order valence-electron chi connectivity index (χ3n) is 2.43. The van der Waals surface area contributed by atoms with Crippen molar-refractivity contribution < 1.29 is 13.9 Å². The van der Waals surface area contributed by atoms with Gasteiger partial charge < -0.3 is 14.4 Å². The summed E-state index contributed by atoms with van der Waals surface area (Å²) in [5.74, 6) is -0.161. The van der Waals surface area contributed by atoms with Crippen LogP contribution in [0.4, 0.5) is 10.1 Å². The molecule has 5 heteroatoms. The fourth-order valence-corrected chi connectivity index (χ4v) is 1.66. The quantitative estimate of drug-likeness (QED) is 0.712. The minimum absolute atomic E-state index is 0.219. The number of nitriles is 1. The molecule has 84 valence electrons. The van der Waals surface area contributed by atoms with E-state index in [-0.39, 0.29) is 11.6 Å². The molecule has 0 aromatic heterocycles. The highest BCUT2D eigenvalue weighted by atomic mass is 19.1. The molecule has 0 atom stereocenters. The second-order valence-corrected chi connectivity index (χ2v) is 3.41. The van der Waals surface area contributed by atoms with Gasteiger partial charge in [-0.15, -0.1) is 5.26 Å².